The van der Waals surface area contributed by atoms with Gasteiger partial charge >= 0.3 is 0 Å². The van der Waals surface area contributed by atoms with Gasteiger partial charge in [-0.1, -0.05) is 5.11 Å². The van der Waals surface area contributed by atoms with E-state index in [0.29, 0.717) is 0 Å². The normalized spacial score (nSPS) is 45.6. The van der Waals surface area contributed by atoms with E-state index in [4.69, 9.17) is 19.7 Å². The van der Waals surface area contributed by atoms with Crippen molar-refractivity contribution in [2.75, 3.05) is 13.7 Å². The lowest BCUT2D eigenvalue weighted by Crippen LogP contribution is -2.52. The average Bonchev–Trinajstić information content (AvgIpc) is 2.73. The summed E-state index contributed by atoms with van der Waals surface area (Å²) in [6, 6.07) is -0.955. The third-order valence-corrected chi connectivity index (χ3v) is 3.47. The average molecular weight is 259 g/mol. The molecular weight excluding hydrogens is 242 g/mol. The van der Waals surface area contributed by atoms with Crippen LogP contribution >= 0.6 is 0 Å². The fourth-order valence-corrected chi connectivity index (χ4v) is 2.72. The van der Waals surface area contributed by atoms with E-state index in [2.05, 4.69) is 10.0 Å². The molecule has 1 aliphatic carbocycles. The zero-order valence-electron chi connectivity index (χ0n) is 10.5. The van der Waals surface area contributed by atoms with E-state index in [9.17, 15) is 10.2 Å². The smallest absolute Gasteiger partial charge is 0.164 e. The molecule has 1 aliphatic heterocycles. The molecule has 18 heavy (non-hydrogen) atoms. The van der Waals surface area contributed by atoms with Gasteiger partial charge in [-0.15, -0.1) is 0 Å². The number of ether oxygens (including phenoxy) is 3. The first kappa shape index (κ1) is 13.5. The van der Waals surface area contributed by atoms with Gasteiger partial charge in [-0.05, 0) is 19.4 Å². The van der Waals surface area contributed by atoms with Crippen LogP contribution in [0.15, 0.2) is 5.11 Å². The van der Waals surface area contributed by atoms with Crippen molar-refractivity contribution >= 4 is 0 Å². The van der Waals surface area contributed by atoms with Gasteiger partial charge in [0.25, 0.3) is 0 Å². The highest BCUT2D eigenvalue weighted by Crippen LogP contribution is 2.46. The Balaban J connectivity index is 2.40. The van der Waals surface area contributed by atoms with E-state index in [1.165, 1.54) is 7.11 Å². The maximum Gasteiger partial charge on any atom is 0.164 e. The molecular formula is C10H17N3O5. The van der Waals surface area contributed by atoms with E-state index < -0.39 is 42.3 Å². The van der Waals surface area contributed by atoms with Crippen molar-refractivity contribution in [1.29, 1.82) is 0 Å². The third-order valence-electron chi connectivity index (χ3n) is 3.47. The minimum atomic E-state index is -1.70. The third kappa shape index (κ3) is 1.78. The number of hydrogen-bond acceptors (Lipinski definition) is 6. The summed E-state index contributed by atoms with van der Waals surface area (Å²) in [5.74, 6) is -0.878. The Hall–Kier alpha value is -0.890. The maximum atomic E-state index is 10.5. The first-order valence-corrected chi connectivity index (χ1v) is 5.65. The fourth-order valence-electron chi connectivity index (χ4n) is 2.72. The van der Waals surface area contributed by atoms with E-state index in [0.717, 1.165) is 0 Å². The second kappa shape index (κ2) is 4.34. The second-order valence-electron chi connectivity index (χ2n) is 5.02. The van der Waals surface area contributed by atoms with Crippen LogP contribution in [0.25, 0.3) is 10.4 Å². The molecule has 0 unspecified atom stereocenters. The first-order valence-electron chi connectivity index (χ1n) is 5.65. The molecule has 2 rings (SSSR count). The molecule has 0 radical (unpaired) electrons. The number of azide groups is 1. The van der Waals surface area contributed by atoms with E-state index >= 15 is 0 Å². The van der Waals surface area contributed by atoms with Crippen LogP contribution in [-0.2, 0) is 14.2 Å². The summed E-state index contributed by atoms with van der Waals surface area (Å²) in [6.07, 6.45) is -2.04. The molecule has 1 saturated carbocycles. The summed E-state index contributed by atoms with van der Waals surface area (Å²) in [5.41, 5.74) is 6.86. The van der Waals surface area contributed by atoms with E-state index in [1.54, 1.807) is 13.8 Å². The van der Waals surface area contributed by atoms with Gasteiger partial charge < -0.3 is 24.4 Å². The topological polar surface area (TPSA) is 117 Å². The number of aliphatic hydroxyl groups is 2. The van der Waals surface area contributed by atoms with E-state index in [-0.39, 0.29) is 0 Å². The molecule has 0 aromatic rings. The van der Waals surface area contributed by atoms with Crippen LogP contribution in [0, 0.1) is 0 Å². The largest absolute Gasteiger partial charge is 0.393 e. The minimum Gasteiger partial charge on any atom is -0.393 e. The monoisotopic (exact) mass is 259 g/mol. The molecule has 2 fully saturated rings. The summed E-state index contributed by atoms with van der Waals surface area (Å²) >= 11 is 0. The fraction of sp³-hybridized carbons (Fsp3) is 1.00. The molecule has 8 heteroatoms. The van der Waals surface area contributed by atoms with Gasteiger partial charge in [0.1, 0.15) is 17.8 Å². The van der Waals surface area contributed by atoms with Crippen molar-refractivity contribution in [3.63, 3.8) is 0 Å². The molecule has 0 spiro atoms. The van der Waals surface area contributed by atoms with Crippen molar-refractivity contribution in [2.45, 2.75) is 49.6 Å². The lowest BCUT2D eigenvalue weighted by molar-refractivity contribution is -0.198. The molecule has 1 heterocycles. The highest BCUT2D eigenvalue weighted by molar-refractivity contribution is 5.17. The van der Waals surface area contributed by atoms with Crippen molar-refractivity contribution < 1.29 is 24.4 Å². The number of rotatable bonds is 3. The van der Waals surface area contributed by atoms with Crippen LogP contribution in [0.3, 0.4) is 0 Å². The molecule has 2 N–H and O–H groups in total. The second-order valence-corrected chi connectivity index (χ2v) is 5.02. The zero-order valence-corrected chi connectivity index (χ0v) is 10.5. The van der Waals surface area contributed by atoms with Crippen LogP contribution in [0.4, 0.5) is 0 Å². The van der Waals surface area contributed by atoms with E-state index in [1.807, 2.05) is 0 Å². The Morgan fingerprint density at radius 3 is 2.61 bits per heavy atom. The molecule has 0 bridgehead atoms. The van der Waals surface area contributed by atoms with Gasteiger partial charge in [0.15, 0.2) is 5.79 Å². The standard InChI is InChI=1S/C10H17N3O5/c1-9(2)17-6-5(16-3)7(12-13-11)10(15,4-14)8(6)18-9/h5-8,14-15H,4H2,1-3H3/t5-,6-,7+,8-,10-/m1/s1. The number of methoxy groups -OCH3 is 1. The van der Waals surface area contributed by atoms with Gasteiger partial charge in [-0.25, -0.2) is 0 Å². The SMILES string of the molecule is CO[C@@H]1[C@H]2OC(C)(C)O[C@H]2[C@@](O)(CO)[C@H]1N=[N+]=[N-]. The first-order chi connectivity index (χ1) is 8.39. The van der Waals surface area contributed by atoms with Crippen LogP contribution in [-0.4, -0.2) is 59.7 Å². The van der Waals surface area contributed by atoms with Gasteiger partial charge in [0.05, 0.1) is 18.8 Å². The Morgan fingerprint density at radius 1 is 1.44 bits per heavy atom. The maximum absolute atomic E-state index is 10.5. The van der Waals surface area contributed by atoms with Gasteiger partial charge in [0, 0.05) is 12.0 Å². The lowest BCUT2D eigenvalue weighted by atomic mass is 9.96. The molecule has 0 aromatic heterocycles. The van der Waals surface area contributed by atoms with Gasteiger partial charge in [0.2, 0.25) is 0 Å². The van der Waals surface area contributed by atoms with Gasteiger partial charge in [-0.2, -0.15) is 0 Å². The predicted molar refractivity (Wildman–Crippen MR) is 59.6 cm³/mol. The Bertz CT molecular complexity index is 384. The summed E-state index contributed by atoms with van der Waals surface area (Å²) in [4.78, 5) is 2.69. The van der Waals surface area contributed by atoms with Crippen LogP contribution in [0.2, 0.25) is 0 Å². The number of hydrogen-bond donors (Lipinski definition) is 2. The van der Waals surface area contributed by atoms with Crippen molar-refractivity contribution in [3.05, 3.63) is 10.4 Å². The summed E-state index contributed by atoms with van der Waals surface area (Å²) in [7, 11) is 1.43. The minimum absolute atomic E-state index is 0.586. The number of aliphatic hydroxyl groups excluding tert-OH is 1. The Labute approximate surface area is 104 Å². The number of nitrogens with zero attached hydrogens (tertiary/aromatic N) is 3. The molecule has 0 amide bonds. The van der Waals surface area contributed by atoms with Gasteiger partial charge in [-0.3, -0.25) is 0 Å². The Morgan fingerprint density at radius 2 is 2.11 bits per heavy atom. The predicted octanol–water partition coefficient (Wildman–Crippen LogP) is -0.0626. The Kier molecular flexibility index (Phi) is 3.26. The van der Waals surface area contributed by atoms with Crippen LogP contribution < -0.4 is 0 Å². The summed E-state index contributed by atoms with van der Waals surface area (Å²) in [6.45, 7) is 2.81. The van der Waals surface area contributed by atoms with Crippen LogP contribution in [0.1, 0.15) is 13.8 Å². The molecule has 0 aromatic carbocycles. The highest BCUT2D eigenvalue weighted by Gasteiger charge is 2.66. The molecule has 2 aliphatic rings. The number of fused-ring (bicyclic) bond motifs is 1. The lowest BCUT2D eigenvalue weighted by Gasteiger charge is -2.32. The molecule has 1 saturated heterocycles. The summed E-state index contributed by atoms with van der Waals surface area (Å²) in [5, 5.41) is 23.4. The quantitative estimate of drug-likeness (QED) is 0.418. The zero-order chi connectivity index (χ0) is 13.6. The van der Waals surface area contributed by atoms with Crippen molar-refractivity contribution in [3.8, 4) is 0 Å². The summed E-state index contributed by atoms with van der Waals surface area (Å²) < 4.78 is 16.5. The van der Waals surface area contributed by atoms with Crippen molar-refractivity contribution in [1.82, 2.24) is 0 Å². The molecule has 5 atom stereocenters. The molecule has 102 valence electrons. The van der Waals surface area contributed by atoms with Crippen molar-refractivity contribution in [2.24, 2.45) is 5.11 Å². The molecule has 8 nitrogen and oxygen atoms in total. The van der Waals surface area contributed by atoms with Crippen LogP contribution in [0.5, 0.6) is 0 Å². The highest BCUT2D eigenvalue weighted by atomic mass is 16.8.